The molecule has 0 bridgehead atoms. The second-order valence-corrected chi connectivity index (χ2v) is 3.61. The number of amides is 1. The molecule has 13 heavy (non-hydrogen) atoms. The fourth-order valence-corrected chi connectivity index (χ4v) is 1.57. The summed E-state index contributed by atoms with van der Waals surface area (Å²) in [7, 11) is 1.51. The number of aliphatic hydroxyl groups excluding tert-OH is 1. The summed E-state index contributed by atoms with van der Waals surface area (Å²) in [6, 6.07) is 0. The van der Waals surface area contributed by atoms with Crippen LogP contribution in [0.15, 0.2) is 0 Å². The van der Waals surface area contributed by atoms with Crippen molar-refractivity contribution in [2.45, 2.75) is 19.4 Å². The number of methoxy groups -OCH3 is 1. The third-order valence-corrected chi connectivity index (χ3v) is 2.48. The molecule has 2 atom stereocenters. The molecule has 1 saturated heterocycles. The maximum atomic E-state index is 11.4. The number of hydrogen-bond acceptors (Lipinski definition) is 3. The molecule has 1 N–H and O–H groups in total. The number of rotatable bonds is 2. The van der Waals surface area contributed by atoms with Gasteiger partial charge in [0.15, 0.2) is 0 Å². The number of hydrogen-bond donors (Lipinski definition) is 1. The molecule has 1 heterocycles. The highest BCUT2D eigenvalue weighted by molar-refractivity contribution is 5.77. The van der Waals surface area contributed by atoms with Crippen LogP contribution in [0.4, 0.5) is 0 Å². The summed E-state index contributed by atoms with van der Waals surface area (Å²) in [5.74, 6) is 0.191. The van der Waals surface area contributed by atoms with E-state index in [9.17, 15) is 9.90 Å². The Morgan fingerprint density at radius 1 is 1.69 bits per heavy atom. The highest BCUT2D eigenvalue weighted by atomic mass is 16.5. The molecule has 0 aromatic carbocycles. The van der Waals surface area contributed by atoms with Crippen molar-refractivity contribution < 1.29 is 14.6 Å². The Morgan fingerprint density at radius 3 is 2.92 bits per heavy atom. The lowest BCUT2D eigenvalue weighted by atomic mass is 9.97. The van der Waals surface area contributed by atoms with E-state index in [1.807, 2.05) is 6.92 Å². The van der Waals surface area contributed by atoms with Gasteiger partial charge < -0.3 is 14.7 Å². The first-order valence-corrected chi connectivity index (χ1v) is 4.60. The first kappa shape index (κ1) is 10.5. The van der Waals surface area contributed by atoms with Gasteiger partial charge in [-0.2, -0.15) is 0 Å². The van der Waals surface area contributed by atoms with E-state index < -0.39 is 0 Å². The maximum absolute atomic E-state index is 11.4. The Morgan fingerprint density at radius 2 is 2.38 bits per heavy atom. The molecule has 76 valence electrons. The van der Waals surface area contributed by atoms with Gasteiger partial charge >= 0.3 is 0 Å². The molecule has 1 rings (SSSR count). The van der Waals surface area contributed by atoms with Gasteiger partial charge in [0.1, 0.15) is 6.61 Å². The molecule has 1 fully saturated rings. The minimum Gasteiger partial charge on any atom is -0.393 e. The van der Waals surface area contributed by atoms with E-state index in [1.54, 1.807) is 4.90 Å². The highest BCUT2D eigenvalue weighted by Crippen LogP contribution is 2.16. The Kier molecular flexibility index (Phi) is 3.69. The zero-order chi connectivity index (χ0) is 9.84. The standard InChI is InChI=1S/C9H17NO3/c1-7-5-10(4-3-8(7)11)9(12)6-13-2/h7-8,11H,3-6H2,1-2H3. The summed E-state index contributed by atoms with van der Waals surface area (Å²) in [6.07, 6.45) is 0.419. The molecule has 0 aromatic rings. The van der Waals surface area contributed by atoms with Crippen LogP contribution in [0, 0.1) is 5.92 Å². The summed E-state index contributed by atoms with van der Waals surface area (Å²) >= 11 is 0. The molecule has 1 aliphatic rings. The summed E-state index contributed by atoms with van der Waals surface area (Å²) in [6.45, 7) is 3.39. The minimum absolute atomic E-state index is 0.0150. The van der Waals surface area contributed by atoms with Gasteiger partial charge in [-0.1, -0.05) is 6.92 Å². The highest BCUT2D eigenvalue weighted by Gasteiger charge is 2.26. The van der Waals surface area contributed by atoms with E-state index in [1.165, 1.54) is 7.11 Å². The van der Waals surface area contributed by atoms with Gasteiger partial charge in [-0.15, -0.1) is 0 Å². The van der Waals surface area contributed by atoms with Crippen LogP contribution >= 0.6 is 0 Å². The average molecular weight is 187 g/mol. The fourth-order valence-electron chi connectivity index (χ4n) is 1.57. The molecule has 0 saturated carbocycles. The van der Waals surface area contributed by atoms with Crippen molar-refractivity contribution in [2.75, 3.05) is 26.8 Å². The quantitative estimate of drug-likeness (QED) is 0.654. The number of ether oxygens (including phenoxy) is 1. The van der Waals surface area contributed by atoms with Crippen LogP contribution in [-0.2, 0) is 9.53 Å². The summed E-state index contributed by atoms with van der Waals surface area (Å²) in [5, 5.41) is 9.44. The maximum Gasteiger partial charge on any atom is 0.248 e. The van der Waals surface area contributed by atoms with Gasteiger partial charge in [-0.25, -0.2) is 0 Å². The van der Waals surface area contributed by atoms with Crippen LogP contribution in [0.2, 0.25) is 0 Å². The van der Waals surface area contributed by atoms with E-state index in [0.29, 0.717) is 19.5 Å². The first-order valence-electron chi connectivity index (χ1n) is 4.60. The molecular formula is C9H17NO3. The van der Waals surface area contributed by atoms with Gasteiger partial charge in [-0.05, 0) is 12.3 Å². The number of nitrogens with zero attached hydrogens (tertiary/aromatic N) is 1. The monoisotopic (exact) mass is 187 g/mol. The Bertz CT molecular complexity index is 184. The lowest BCUT2D eigenvalue weighted by molar-refractivity contribution is -0.138. The lowest BCUT2D eigenvalue weighted by Crippen LogP contribution is -2.46. The van der Waals surface area contributed by atoms with E-state index in [-0.39, 0.29) is 24.5 Å². The number of carbonyl (C=O) groups is 1. The van der Waals surface area contributed by atoms with Gasteiger partial charge in [0.05, 0.1) is 6.10 Å². The largest absolute Gasteiger partial charge is 0.393 e. The molecule has 2 unspecified atom stereocenters. The molecule has 0 aliphatic carbocycles. The molecular weight excluding hydrogens is 170 g/mol. The summed E-state index contributed by atoms with van der Waals surface area (Å²) in [4.78, 5) is 13.1. The Balaban J connectivity index is 2.40. The van der Waals surface area contributed by atoms with Crippen molar-refractivity contribution in [3.05, 3.63) is 0 Å². The Hall–Kier alpha value is -0.610. The number of piperidine rings is 1. The summed E-state index contributed by atoms with van der Waals surface area (Å²) < 4.78 is 4.77. The van der Waals surface area contributed by atoms with E-state index in [4.69, 9.17) is 4.74 Å². The third-order valence-electron chi connectivity index (χ3n) is 2.48. The minimum atomic E-state index is -0.258. The lowest BCUT2D eigenvalue weighted by Gasteiger charge is -2.34. The van der Waals surface area contributed by atoms with Crippen LogP contribution in [-0.4, -0.2) is 48.8 Å². The van der Waals surface area contributed by atoms with Gasteiger partial charge in [0.2, 0.25) is 5.91 Å². The topological polar surface area (TPSA) is 49.8 Å². The molecule has 4 nitrogen and oxygen atoms in total. The third kappa shape index (κ3) is 2.67. The van der Waals surface area contributed by atoms with E-state index in [0.717, 1.165) is 0 Å². The van der Waals surface area contributed by atoms with Crippen molar-refractivity contribution in [3.8, 4) is 0 Å². The molecule has 0 radical (unpaired) electrons. The number of carbonyl (C=O) groups excluding carboxylic acids is 1. The van der Waals surface area contributed by atoms with Gasteiger partial charge in [-0.3, -0.25) is 4.79 Å². The fraction of sp³-hybridized carbons (Fsp3) is 0.889. The van der Waals surface area contributed by atoms with Crippen LogP contribution in [0.25, 0.3) is 0 Å². The Labute approximate surface area is 78.5 Å². The SMILES string of the molecule is COCC(=O)N1CCC(O)C(C)C1. The van der Waals surface area contributed by atoms with Crippen molar-refractivity contribution in [1.82, 2.24) is 4.90 Å². The van der Waals surface area contributed by atoms with Crippen molar-refractivity contribution in [2.24, 2.45) is 5.92 Å². The molecule has 1 amide bonds. The average Bonchev–Trinajstić information content (AvgIpc) is 2.10. The van der Waals surface area contributed by atoms with Crippen LogP contribution in [0.1, 0.15) is 13.3 Å². The van der Waals surface area contributed by atoms with Gasteiger partial charge in [0.25, 0.3) is 0 Å². The zero-order valence-electron chi connectivity index (χ0n) is 8.19. The first-order chi connectivity index (χ1) is 6.15. The predicted octanol–water partition coefficient (Wildman–Crippen LogP) is -0.138. The number of likely N-dealkylation sites (tertiary alicyclic amines) is 1. The van der Waals surface area contributed by atoms with Crippen molar-refractivity contribution in [3.63, 3.8) is 0 Å². The predicted molar refractivity (Wildman–Crippen MR) is 48.2 cm³/mol. The van der Waals surface area contributed by atoms with Crippen LogP contribution < -0.4 is 0 Å². The van der Waals surface area contributed by atoms with E-state index in [2.05, 4.69) is 0 Å². The molecule has 1 aliphatic heterocycles. The van der Waals surface area contributed by atoms with Crippen LogP contribution in [0.3, 0.4) is 0 Å². The number of aliphatic hydroxyl groups is 1. The van der Waals surface area contributed by atoms with Crippen molar-refractivity contribution >= 4 is 5.91 Å². The molecule has 4 heteroatoms. The van der Waals surface area contributed by atoms with Crippen LogP contribution in [0.5, 0.6) is 0 Å². The second kappa shape index (κ2) is 4.58. The molecule has 0 spiro atoms. The van der Waals surface area contributed by atoms with Gasteiger partial charge in [0, 0.05) is 20.2 Å². The smallest absolute Gasteiger partial charge is 0.248 e. The zero-order valence-corrected chi connectivity index (χ0v) is 8.19. The second-order valence-electron chi connectivity index (χ2n) is 3.61. The van der Waals surface area contributed by atoms with Crippen molar-refractivity contribution in [1.29, 1.82) is 0 Å². The molecule has 0 aromatic heterocycles. The summed E-state index contributed by atoms with van der Waals surface area (Å²) in [5.41, 5.74) is 0. The van der Waals surface area contributed by atoms with E-state index >= 15 is 0 Å². The normalized spacial score (nSPS) is 29.0.